The minimum absolute atomic E-state index is 0.0512. The van der Waals surface area contributed by atoms with E-state index < -0.39 is 19.0 Å². The van der Waals surface area contributed by atoms with Crippen molar-refractivity contribution >= 4 is 0 Å². The normalized spacial score (nSPS) is 10.9. The number of aromatic nitrogens is 1. The van der Waals surface area contributed by atoms with E-state index in [9.17, 15) is 13.2 Å². The lowest BCUT2D eigenvalue weighted by atomic mass is 10.1. The van der Waals surface area contributed by atoms with Gasteiger partial charge in [0.1, 0.15) is 0 Å². The average Bonchev–Trinajstić information content (AvgIpc) is 2.03. The molecule has 0 aromatic carbocycles. The Morgan fingerprint density at radius 3 is 2.62 bits per heavy atom. The smallest absolute Gasteiger partial charge is 0.265 e. The Kier molecular flexibility index (Phi) is 2.87. The summed E-state index contributed by atoms with van der Waals surface area (Å²) in [5.41, 5.74) is -0.601. The van der Waals surface area contributed by atoms with Gasteiger partial charge in [0.25, 0.3) is 6.43 Å². The third-order valence-electron chi connectivity index (χ3n) is 1.68. The third kappa shape index (κ3) is 1.98. The highest BCUT2D eigenvalue weighted by Crippen LogP contribution is 2.23. The molecular formula is C8H8F3NO. The molecule has 13 heavy (non-hydrogen) atoms. The van der Waals surface area contributed by atoms with E-state index in [1.54, 1.807) is 0 Å². The van der Waals surface area contributed by atoms with Crippen LogP contribution in [0.5, 0.6) is 0 Å². The molecule has 5 heteroatoms. The van der Waals surface area contributed by atoms with Gasteiger partial charge in [0.2, 0.25) is 5.95 Å². The highest BCUT2D eigenvalue weighted by atomic mass is 19.3. The van der Waals surface area contributed by atoms with Crippen molar-refractivity contribution in [2.75, 3.05) is 0 Å². The molecule has 0 aliphatic rings. The Labute approximate surface area is 73.0 Å². The van der Waals surface area contributed by atoms with E-state index in [0.29, 0.717) is 0 Å². The number of hydrogen-bond acceptors (Lipinski definition) is 2. The maximum Gasteiger partial charge on any atom is 0.265 e. The summed E-state index contributed by atoms with van der Waals surface area (Å²) < 4.78 is 37.2. The molecule has 0 spiro atoms. The Bertz CT molecular complexity index is 315. The first-order valence-electron chi connectivity index (χ1n) is 3.61. The van der Waals surface area contributed by atoms with Gasteiger partial charge in [-0.15, -0.1) is 0 Å². The first-order valence-corrected chi connectivity index (χ1v) is 3.61. The number of aliphatic hydroxyl groups excluding tert-OH is 1. The molecule has 0 fully saturated rings. The molecule has 0 atom stereocenters. The van der Waals surface area contributed by atoms with Gasteiger partial charge in [-0.25, -0.2) is 13.8 Å². The lowest BCUT2D eigenvalue weighted by Crippen LogP contribution is -2.01. The van der Waals surface area contributed by atoms with Crippen molar-refractivity contribution in [3.8, 4) is 0 Å². The quantitative estimate of drug-likeness (QED) is 0.725. The second-order valence-corrected chi connectivity index (χ2v) is 2.57. The van der Waals surface area contributed by atoms with Crippen molar-refractivity contribution in [2.24, 2.45) is 0 Å². The Hall–Kier alpha value is -1.10. The number of pyridine rings is 1. The van der Waals surface area contributed by atoms with Crippen LogP contribution in [-0.2, 0) is 6.61 Å². The van der Waals surface area contributed by atoms with Crippen molar-refractivity contribution in [2.45, 2.75) is 20.0 Å². The summed E-state index contributed by atoms with van der Waals surface area (Å²) in [6, 6.07) is 0.933. The van der Waals surface area contributed by atoms with Gasteiger partial charge < -0.3 is 5.11 Å². The lowest BCUT2D eigenvalue weighted by Gasteiger charge is -2.06. The minimum Gasteiger partial charge on any atom is -0.392 e. The molecule has 0 aliphatic heterocycles. The molecule has 1 N–H and O–H groups in total. The number of aliphatic hydroxyl groups is 1. The largest absolute Gasteiger partial charge is 0.392 e. The molecule has 0 radical (unpaired) electrons. The molecular weight excluding hydrogens is 183 g/mol. The van der Waals surface area contributed by atoms with E-state index in [1.165, 1.54) is 6.92 Å². The van der Waals surface area contributed by atoms with Gasteiger partial charge >= 0.3 is 0 Å². The van der Waals surface area contributed by atoms with Crippen molar-refractivity contribution in [3.63, 3.8) is 0 Å². The zero-order valence-corrected chi connectivity index (χ0v) is 6.89. The van der Waals surface area contributed by atoms with Crippen LogP contribution in [-0.4, -0.2) is 10.1 Å². The summed E-state index contributed by atoms with van der Waals surface area (Å²) in [5, 5.41) is 8.59. The zero-order chi connectivity index (χ0) is 10.0. The maximum atomic E-state index is 12.8. The lowest BCUT2D eigenvalue weighted by molar-refractivity contribution is 0.149. The van der Waals surface area contributed by atoms with Crippen LogP contribution in [0.15, 0.2) is 6.07 Å². The summed E-state index contributed by atoms with van der Waals surface area (Å²) in [5.74, 6) is -0.899. The van der Waals surface area contributed by atoms with Crippen molar-refractivity contribution in [3.05, 3.63) is 28.8 Å². The molecule has 1 rings (SSSR count). The van der Waals surface area contributed by atoms with E-state index in [4.69, 9.17) is 5.11 Å². The van der Waals surface area contributed by atoms with E-state index in [2.05, 4.69) is 4.98 Å². The number of aryl methyl sites for hydroxylation is 1. The second kappa shape index (κ2) is 3.74. The Morgan fingerprint density at radius 2 is 2.15 bits per heavy atom. The summed E-state index contributed by atoms with van der Waals surface area (Å²) >= 11 is 0. The van der Waals surface area contributed by atoms with Gasteiger partial charge in [0, 0.05) is 16.8 Å². The van der Waals surface area contributed by atoms with Gasteiger partial charge in [-0.1, -0.05) is 0 Å². The molecule has 0 saturated heterocycles. The number of rotatable bonds is 2. The van der Waals surface area contributed by atoms with Crippen LogP contribution < -0.4 is 0 Å². The van der Waals surface area contributed by atoms with Gasteiger partial charge in [-0.3, -0.25) is 0 Å². The second-order valence-electron chi connectivity index (χ2n) is 2.57. The molecule has 2 nitrogen and oxygen atoms in total. The van der Waals surface area contributed by atoms with E-state index in [1.807, 2.05) is 0 Å². The van der Waals surface area contributed by atoms with E-state index in [0.717, 1.165) is 6.07 Å². The maximum absolute atomic E-state index is 12.8. The number of halogens is 3. The fourth-order valence-electron chi connectivity index (χ4n) is 0.967. The number of alkyl halides is 2. The molecule has 72 valence electrons. The predicted molar refractivity (Wildman–Crippen MR) is 39.8 cm³/mol. The van der Waals surface area contributed by atoms with Crippen molar-refractivity contribution in [1.29, 1.82) is 0 Å². The predicted octanol–water partition coefficient (Wildman–Crippen LogP) is 1.96. The molecule has 0 unspecified atom stereocenters. The Balaban J connectivity index is 3.22. The fourth-order valence-corrected chi connectivity index (χ4v) is 0.967. The van der Waals surface area contributed by atoms with Crippen LogP contribution in [0.25, 0.3) is 0 Å². The highest BCUT2D eigenvalue weighted by molar-refractivity contribution is 5.26. The van der Waals surface area contributed by atoms with Gasteiger partial charge in [0.05, 0.1) is 6.61 Å². The standard InChI is InChI=1S/C8H8F3NO/c1-4-6(7(9)10)2-5(3-13)8(11)12-4/h2,7,13H,3H2,1H3. The monoisotopic (exact) mass is 191 g/mol. The van der Waals surface area contributed by atoms with Crippen LogP contribution >= 0.6 is 0 Å². The van der Waals surface area contributed by atoms with Crippen LogP contribution in [0.4, 0.5) is 13.2 Å². The van der Waals surface area contributed by atoms with Gasteiger partial charge in [-0.05, 0) is 13.0 Å². The topological polar surface area (TPSA) is 33.1 Å². The molecule has 0 aliphatic carbocycles. The molecule has 1 aromatic rings. The van der Waals surface area contributed by atoms with Crippen LogP contribution in [0.3, 0.4) is 0 Å². The van der Waals surface area contributed by atoms with Crippen LogP contribution in [0.2, 0.25) is 0 Å². The Morgan fingerprint density at radius 1 is 1.54 bits per heavy atom. The third-order valence-corrected chi connectivity index (χ3v) is 1.68. The molecule has 0 saturated carbocycles. The molecule has 1 aromatic heterocycles. The van der Waals surface area contributed by atoms with Crippen molar-refractivity contribution in [1.82, 2.24) is 4.98 Å². The number of hydrogen-bond donors (Lipinski definition) is 1. The highest BCUT2D eigenvalue weighted by Gasteiger charge is 2.15. The van der Waals surface area contributed by atoms with E-state index >= 15 is 0 Å². The van der Waals surface area contributed by atoms with Gasteiger partial charge in [-0.2, -0.15) is 4.39 Å². The van der Waals surface area contributed by atoms with Crippen LogP contribution in [0, 0.1) is 12.9 Å². The zero-order valence-electron chi connectivity index (χ0n) is 6.89. The van der Waals surface area contributed by atoms with Gasteiger partial charge in [0.15, 0.2) is 0 Å². The van der Waals surface area contributed by atoms with Crippen LogP contribution in [0.1, 0.15) is 23.2 Å². The first kappa shape index (κ1) is 9.98. The fraction of sp³-hybridized carbons (Fsp3) is 0.375. The first-order chi connectivity index (χ1) is 6.06. The minimum atomic E-state index is -2.70. The molecule has 0 bridgehead atoms. The molecule has 0 amide bonds. The number of nitrogens with zero attached hydrogens (tertiary/aromatic N) is 1. The van der Waals surface area contributed by atoms with Crippen molar-refractivity contribution < 1.29 is 18.3 Å². The summed E-state index contributed by atoms with van der Waals surface area (Å²) in [4.78, 5) is 3.26. The summed E-state index contributed by atoms with van der Waals surface area (Å²) in [7, 11) is 0. The molecule has 1 heterocycles. The van der Waals surface area contributed by atoms with E-state index in [-0.39, 0.29) is 16.8 Å². The SMILES string of the molecule is Cc1nc(F)c(CO)cc1C(F)F. The summed E-state index contributed by atoms with van der Waals surface area (Å²) in [6.45, 7) is 0.671. The average molecular weight is 191 g/mol. The summed E-state index contributed by atoms with van der Waals surface area (Å²) in [6.07, 6.45) is -2.70.